The van der Waals surface area contributed by atoms with Gasteiger partial charge in [0.2, 0.25) is 5.91 Å². The van der Waals surface area contributed by atoms with Crippen LogP contribution in [0, 0.1) is 0 Å². The molecule has 0 saturated carbocycles. The van der Waals surface area contributed by atoms with Crippen molar-refractivity contribution in [3.63, 3.8) is 0 Å². The predicted molar refractivity (Wildman–Crippen MR) is 116 cm³/mol. The molecule has 0 aliphatic rings. The molecule has 1 N–H and O–H groups in total. The molecule has 31 heavy (non-hydrogen) atoms. The highest BCUT2D eigenvalue weighted by atomic mass is 16.5. The van der Waals surface area contributed by atoms with Crippen LogP contribution < -0.4 is 10.9 Å². The summed E-state index contributed by atoms with van der Waals surface area (Å²) in [6.07, 6.45) is 5.64. The lowest BCUT2D eigenvalue weighted by Gasteiger charge is -2.08. The van der Waals surface area contributed by atoms with Gasteiger partial charge in [-0.05, 0) is 24.1 Å². The third kappa shape index (κ3) is 4.59. The number of fused-ring (bicyclic) bond motifs is 1. The lowest BCUT2D eigenvalue weighted by Crippen LogP contribution is -2.29. The Morgan fingerprint density at radius 2 is 2.00 bits per heavy atom. The molecule has 3 aromatic heterocycles. The van der Waals surface area contributed by atoms with Crippen molar-refractivity contribution in [2.24, 2.45) is 0 Å². The molecule has 1 amide bonds. The maximum absolute atomic E-state index is 13.2. The first-order valence-corrected chi connectivity index (χ1v) is 10.1. The van der Waals surface area contributed by atoms with Crippen LogP contribution in [0.1, 0.15) is 12.2 Å². The summed E-state index contributed by atoms with van der Waals surface area (Å²) in [5.74, 6) is 0.444. The molecule has 8 nitrogen and oxygen atoms in total. The minimum absolute atomic E-state index is 0.00302. The quantitative estimate of drug-likeness (QED) is 0.421. The fourth-order valence-corrected chi connectivity index (χ4v) is 3.52. The van der Waals surface area contributed by atoms with Gasteiger partial charge in [0.15, 0.2) is 0 Å². The SMILES string of the molecule is COCCCn1cnc2c(-c3ccccc3)cn(CC(=O)NCc3ccco3)c2c1=O. The lowest BCUT2D eigenvalue weighted by atomic mass is 10.1. The minimum atomic E-state index is -0.220. The van der Waals surface area contributed by atoms with Crippen LogP contribution >= 0.6 is 0 Å². The highest BCUT2D eigenvalue weighted by molar-refractivity contribution is 5.93. The van der Waals surface area contributed by atoms with Crippen LogP contribution in [-0.4, -0.2) is 33.7 Å². The number of amides is 1. The molecule has 4 aromatic rings. The summed E-state index contributed by atoms with van der Waals surface area (Å²) in [6, 6.07) is 13.3. The summed E-state index contributed by atoms with van der Waals surface area (Å²) < 4.78 is 13.6. The minimum Gasteiger partial charge on any atom is -0.467 e. The van der Waals surface area contributed by atoms with Crippen LogP contribution in [0.2, 0.25) is 0 Å². The molecule has 4 rings (SSSR count). The van der Waals surface area contributed by atoms with E-state index in [4.69, 9.17) is 9.15 Å². The molecule has 0 atom stereocenters. The topological polar surface area (TPSA) is 91.3 Å². The van der Waals surface area contributed by atoms with E-state index in [1.807, 2.05) is 36.5 Å². The van der Waals surface area contributed by atoms with Crippen LogP contribution in [0.3, 0.4) is 0 Å². The van der Waals surface area contributed by atoms with E-state index in [-0.39, 0.29) is 24.6 Å². The monoisotopic (exact) mass is 420 g/mol. The van der Waals surface area contributed by atoms with Crippen molar-refractivity contribution in [3.05, 3.63) is 77.4 Å². The van der Waals surface area contributed by atoms with Gasteiger partial charge in [-0.1, -0.05) is 30.3 Å². The fourth-order valence-electron chi connectivity index (χ4n) is 3.52. The smallest absolute Gasteiger partial charge is 0.277 e. The Morgan fingerprint density at radius 1 is 1.16 bits per heavy atom. The molecular weight excluding hydrogens is 396 g/mol. The highest BCUT2D eigenvalue weighted by Gasteiger charge is 2.18. The normalized spacial score (nSPS) is 11.1. The van der Waals surface area contributed by atoms with Gasteiger partial charge in [-0.15, -0.1) is 0 Å². The molecule has 0 aliphatic carbocycles. The van der Waals surface area contributed by atoms with Gasteiger partial charge in [0.05, 0.1) is 19.1 Å². The molecule has 0 unspecified atom stereocenters. The number of ether oxygens (including phenoxy) is 1. The molecule has 0 bridgehead atoms. The Labute approximate surface area is 179 Å². The van der Waals surface area contributed by atoms with E-state index >= 15 is 0 Å². The van der Waals surface area contributed by atoms with Gasteiger partial charge in [0, 0.05) is 32.0 Å². The lowest BCUT2D eigenvalue weighted by molar-refractivity contribution is -0.121. The first-order valence-electron chi connectivity index (χ1n) is 10.1. The van der Waals surface area contributed by atoms with Crippen molar-refractivity contribution >= 4 is 16.9 Å². The van der Waals surface area contributed by atoms with E-state index in [1.54, 1.807) is 41.0 Å². The average molecular weight is 420 g/mol. The van der Waals surface area contributed by atoms with Crippen molar-refractivity contribution in [1.29, 1.82) is 0 Å². The van der Waals surface area contributed by atoms with Crippen LogP contribution in [-0.2, 0) is 29.2 Å². The highest BCUT2D eigenvalue weighted by Crippen LogP contribution is 2.27. The Hall–Kier alpha value is -3.65. The second-order valence-corrected chi connectivity index (χ2v) is 7.18. The Morgan fingerprint density at radius 3 is 2.74 bits per heavy atom. The second kappa shape index (κ2) is 9.44. The number of hydrogen-bond acceptors (Lipinski definition) is 5. The molecule has 0 saturated heterocycles. The first-order chi connectivity index (χ1) is 15.2. The van der Waals surface area contributed by atoms with Crippen molar-refractivity contribution in [2.45, 2.75) is 26.1 Å². The predicted octanol–water partition coefficient (Wildman–Crippen LogP) is 2.81. The van der Waals surface area contributed by atoms with Gasteiger partial charge in [-0.2, -0.15) is 0 Å². The number of methoxy groups -OCH3 is 1. The Balaban J connectivity index is 1.68. The number of hydrogen-bond donors (Lipinski definition) is 1. The van der Waals surface area contributed by atoms with Gasteiger partial charge >= 0.3 is 0 Å². The van der Waals surface area contributed by atoms with Gasteiger partial charge < -0.3 is 19.0 Å². The number of furan rings is 1. The summed E-state index contributed by atoms with van der Waals surface area (Å²) >= 11 is 0. The number of benzene rings is 1. The summed E-state index contributed by atoms with van der Waals surface area (Å²) in [6.45, 7) is 1.33. The number of nitrogens with zero attached hydrogens (tertiary/aromatic N) is 3. The fraction of sp³-hybridized carbons (Fsp3) is 0.261. The molecule has 0 radical (unpaired) electrons. The average Bonchev–Trinajstić information content (AvgIpc) is 3.43. The molecule has 8 heteroatoms. The molecule has 1 aromatic carbocycles. The zero-order valence-electron chi connectivity index (χ0n) is 17.3. The van der Waals surface area contributed by atoms with Gasteiger partial charge in [0.1, 0.15) is 23.3 Å². The summed E-state index contributed by atoms with van der Waals surface area (Å²) in [4.78, 5) is 30.4. The second-order valence-electron chi connectivity index (χ2n) is 7.18. The van der Waals surface area contributed by atoms with Gasteiger partial charge in [0.25, 0.3) is 5.56 Å². The molecule has 0 spiro atoms. The maximum Gasteiger partial charge on any atom is 0.277 e. The largest absolute Gasteiger partial charge is 0.467 e. The third-order valence-electron chi connectivity index (χ3n) is 5.03. The van der Waals surface area contributed by atoms with Crippen molar-refractivity contribution in [3.8, 4) is 11.1 Å². The van der Waals surface area contributed by atoms with Crippen molar-refractivity contribution in [2.75, 3.05) is 13.7 Å². The van der Waals surface area contributed by atoms with E-state index in [0.717, 1.165) is 11.1 Å². The molecule has 0 fully saturated rings. The van der Waals surface area contributed by atoms with Crippen LogP contribution in [0.25, 0.3) is 22.2 Å². The van der Waals surface area contributed by atoms with Crippen molar-refractivity contribution < 1.29 is 13.9 Å². The van der Waals surface area contributed by atoms with Crippen LogP contribution in [0.15, 0.2) is 70.5 Å². The molecule has 3 heterocycles. The van der Waals surface area contributed by atoms with E-state index in [1.165, 1.54) is 0 Å². The van der Waals surface area contributed by atoms with Gasteiger partial charge in [-0.25, -0.2) is 4.98 Å². The standard InChI is InChI=1S/C23H24N4O4/c1-30-11-6-10-26-16-25-21-19(17-7-3-2-4-8-17)14-27(22(21)23(26)29)15-20(28)24-13-18-9-5-12-31-18/h2-5,7-9,12,14,16H,6,10-11,13,15H2,1H3,(H,24,28). The van der Waals surface area contributed by atoms with Crippen LogP contribution in [0.5, 0.6) is 0 Å². The first kappa shape index (κ1) is 20.6. The summed E-state index contributed by atoms with van der Waals surface area (Å²) in [5.41, 5.74) is 2.56. The third-order valence-corrected chi connectivity index (χ3v) is 5.03. The number of nitrogens with one attached hydrogen (secondary N) is 1. The number of aryl methyl sites for hydroxylation is 1. The number of aromatic nitrogens is 3. The molecule has 0 aliphatic heterocycles. The number of rotatable bonds is 9. The Bertz CT molecular complexity index is 1210. The van der Waals surface area contributed by atoms with Crippen molar-refractivity contribution in [1.82, 2.24) is 19.4 Å². The van der Waals surface area contributed by atoms with E-state index < -0.39 is 0 Å². The maximum atomic E-state index is 13.2. The van der Waals surface area contributed by atoms with Gasteiger partial charge in [-0.3, -0.25) is 14.2 Å². The summed E-state index contributed by atoms with van der Waals surface area (Å²) in [7, 11) is 1.63. The molecule has 160 valence electrons. The molecular formula is C23H24N4O4. The van der Waals surface area contributed by atoms with E-state index in [0.29, 0.717) is 36.4 Å². The van der Waals surface area contributed by atoms with E-state index in [2.05, 4.69) is 10.3 Å². The summed E-state index contributed by atoms with van der Waals surface area (Å²) in [5, 5.41) is 2.82. The van der Waals surface area contributed by atoms with Crippen LogP contribution in [0.4, 0.5) is 0 Å². The van der Waals surface area contributed by atoms with E-state index in [9.17, 15) is 9.59 Å². The number of carbonyl (C=O) groups is 1. The zero-order chi connectivity index (χ0) is 21.6. The number of carbonyl (C=O) groups excluding carboxylic acids is 1. The zero-order valence-corrected chi connectivity index (χ0v) is 17.3. The Kier molecular flexibility index (Phi) is 6.28.